The van der Waals surface area contributed by atoms with Crippen LogP contribution in [0.15, 0.2) is 29.2 Å². The molecule has 1 amide bonds. The van der Waals surface area contributed by atoms with Gasteiger partial charge in [0.15, 0.2) is 9.84 Å². The van der Waals surface area contributed by atoms with Crippen molar-refractivity contribution >= 4 is 31.5 Å². The quantitative estimate of drug-likeness (QED) is 0.844. The predicted molar refractivity (Wildman–Crippen MR) is 78.2 cm³/mol. The second kappa shape index (κ2) is 5.74. The van der Waals surface area contributed by atoms with Crippen LogP contribution in [0.3, 0.4) is 0 Å². The van der Waals surface area contributed by atoms with Crippen LogP contribution in [0, 0.1) is 0 Å². The van der Waals surface area contributed by atoms with Gasteiger partial charge in [-0.1, -0.05) is 0 Å². The lowest BCUT2D eigenvalue weighted by Gasteiger charge is -2.26. The zero-order chi connectivity index (χ0) is 15.7. The number of hydrogen-bond acceptors (Lipinski definition) is 5. The van der Waals surface area contributed by atoms with Gasteiger partial charge in [-0.3, -0.25) is 4.79 Å². The lowest BCUT2D eigenvalue weighted by Crippen LogP contribution is -2.43. The van der Waals surface area contributed by atoms with Crippen molar-refractivity contribution in [1.82, 2.24) is 4.31 Å². The van der Waals surface area contributed by atoms with Crippen LogP contribution in [0.2, 0.25) is 0 Å². The summed E-state index contributed by atoms with van der Waals surface area (Å²) in [4.78, 5) is 11.0. The predicted octanol–water partition coefficient (Wildman–Crippen LogP) is 0.0641. The largest absolute Gasteiger partial charge is 0.326 e. The summed E-state index contributed by atoms with van der Waals surface area (Å²) in [5.41, 5.74) is 0.502. The number of nitrogens with zero attached hydrogens (tertiary/aromatic N) is 1. The van der Waals surface area contributed by atoms with E-state index in [9.17, 15) is 21.6 Å². The maximum absolute atomic E-state index is 12.4. The van der Waals surface area contributed by atoms with E-state index in [4.69, 9.17) is 0 Å². The normalized spacial score (nSPS) is 19.1. The maximum atomic E-state index is 12.4. The summed E-state index contributed by atoms with van der Waals surface area (Å²) in [6, 6.07) is 5.78. The van der Waals surface area contributed by atoms with Crippen LogP contribution >= 0.6 is 0 Å². The van der Waals surface area contributed by atoms with Crippen molar-refractivity contribution in [1.29, 1.82) is 0 Å². The first kappa shape index (κ1) is 15.9. The molecular formula is C12H16N2O5S2. The molecule has 0 aliphatic carbocycles. The molecule has 9 heteroatoms. The minimum absolute atomic E-state index is 0.0296. The third-order valence-electron chi connectivity index (χ3n) is 3.12. The number of nitrogens with one attached hydrogen (secondary N) is 1. The zero-order valence-electron chi connectivity index (χ0n) is 11.4. The van der Waals surface area contributed by atoms with Gasteiger partial charge in [0.05, 0.1) is 16.4 Å². The van der Waals surface area contributed by atoms with Crippen molar-refractivity contribution in [3.05, 3.63) is 24.3 Å². The molecule has 21 heavy (non-hydrogen) atoms. The van der Waals surface area contributed by atoms with Crippen LogP contribution in [-0.2, 0) is 24.7 Å². The fourth-order valence-corrected chi connectivity index (χ4v) is 4.87. The van der Waals surface area contributed by atoms with E-state index in [0.717, 1.165) is 0 Å². The van der Waals surface area contributed by atoms with Gasteiger partial charge in [-0.15, -0.1) is 0 Å². The number of sulfonamides is 1. The van der Waals surface area contributed by atoms with Gasteiger partial charge in [-0.2, -0.15) is 4.31 Å². The maximum Gasteiger partial charge on any atom is 0.243 e. The summed E-state index contributed by atoms with van der Waals surface area (Å²) in [6.45, 7) is 1.30. The second-order valence-corrected chi connectivity index (χ2v) is 9.00. The molecule has 1 aliphatic heterocycles. The molecule has 0 bridgehead atoms. The summed E-state index contributed by atoms with van der Waals surface area (Å²) in [5.74, 6) is -0.557. The van der Waals surface area contributed by atoms with Crippen LogP contribution in [0.4, 0.5) is 5.69 Å². The third kappa shape index (κ3) is 3.80. The van der Waals surface area contributed by atoms with E-state index < -0.39 is 19.9 Å². The minimum Gasteiger partial charge on any atom is -0.326 e. The number of carbonyl (C=O) groups is 1. The van der Waals surface area contributed by atoms with Gasteiger partial charge in [-0.25, -0.2) is 16.8 Å². The Labute approximate surface area is 123 Å². The molecule has 0 radical (unpaired) electrons. The summed E-state index contributed by atoms with van der Waals surface area (Å²) in [5, 5.41) is 2.55. The SMILES string of the molecule is CC(=O)Nc1ccc(S(=O)(=O)N2CCS(=O)(=O)CC2)cc1. The molecule has 1 N–H and O–H groups in total. The molecule has 0 unspecified atom stereocenters. The van der Waals surface area contributed by atoms with Crippen molar-refractivity contribution in [2.45, 2.75) is 11.8 Å². The fraction of sp³-hybridized carbons (Fsp3) is 0.417. The number of benzene rings is 1. The van der Waals surface area contributed by atoms with E-state index >= 15 is 0 Å². The average molecular weight is 332 g/mol. The molecular weight excluding hydrogens is 316 g/mol. The zero-order valence-corrected chi connectivity index (χ0v) is 13.1. The lowest BCUT2D eigenvalue weighted by atomic mass is 10.3. The molecule has 1 aromatic rings. The second-order valence-electron chi connectivity index (χ2n) is 4.76. The van der Waals surface area contributed by atoms with Gasteiger partial charge < -0.3 is 5.32 Å². The van der Waals surface area contributed by atoms with E-state index in [1.54, 1.807) is 0 Å². The molecule has 1 aliphatic rings. The molecule has 7 nitrogen and oxygen atoms in total. The smallest absolute Gasteiger partial charge is 0.243 e. The van der Waals surface area contributed by atoms with Gasteiger partial charge in [0.1, 0.15) is 0 Å². The minimum atomic E-state index is -3.70. The van der Waals surface area contributed by atoms with Crippen LogP contribution in [0.5, 0.6) is 0 Å². The number of rotatable bonds is 3. The van der Waals surface area contributed by atoms with Crippen LogP contribution in [0.25, 0.3) is 0 Å². The highest BCUT2D eigenvalue weighted by atomic mass is 32.2. The van der Waals surface area contributed by atoms with E-state index in [0.29, 0.717) is 5.69 Å². The van der Waals surface area contributed by atoms with Gasteiger partial charge in [-0.05, 0) is 24.3 Å². The first-order valence-corrected chi connectivity index (χ1v) is 9.55. The highest BCUT2D eigenvalue weighted by Crippen LogP contribution is 2.20. The number of hydrogen-bond donors (Lipinski definition) is 1. The Balaban J connectivity index is 2.18. The van der Waals surface area contributed by atoms with Crippen molar-refractivity contribution < 1.29 is 21.6 Å². The third-order valence-corrected chi connectivity index (χ3v) is 6.64. The molecule has 0 aromatic heterocycles. The highest BCUT2D eigenvalue weighted by molar-refractivity contribution is 7.92. The van der Waals surface area contributed by atoms with E-state index in [1.807, 2.05) is 0 Å². The number of amides is 1. The van der Waals surface area contributed by atoms with E-state index in [2.05, 4.69) is 5.32 Å². The molecule has 0 spiro atoms. The Morgan fingerprint density at radius 3 is 2.14 bits per heavy atom. The standard InChI is InChI=1S/C12H16N2O5S2/c1-10(15)13-11-2-4-12(5-3-11)21(18,19)14-6-8-20(16,17)9-7-14/h2-5H,6-9H2,1H3,(H,13,15). The molecule has 1 saturated heterocycles. The van der Waals surface area contributed by atoms with Gasteiger partial charge in [0.25, 0.3) is 0 Å². The highest BCUT2D eigenvalue weighted by Gasteiger charge is 2.31. The Kier molecular flexibility index (Phi) is 4.35. The van der Waals surface area contributed by atoms with Crippen molar-refractivity contribution in [2.75, 3.05) is 29.9 Å². The van der Waals surface area contributed by atoms with E-state index in [-0.39, 0.29) is 35.4 Å². The Morgan fingerprint density at radius 2 is 1.67 bits per heavy atom. The average Bonchev–Trinajstić information content (AvgIpc) is 2.38. The van der Waals surface area contributed by atoms with Crippen LogP contribution in [0.1, 0.15) is 6.92 Å². The monoisotopic (exact) mass is 332 g/mol. The molecule has 1 heterocycles. The van der Waals surface area contributed by atoms with Crippen LogP contribution in [-0.4, -0.2) is 51.6 Å². The summed E-state index contributed by atoms with van der Waals surface area (Å²) < 4.78 is 48.6. The Hall–Kier alpha value is -1.45. The van der Waals surface area contributed by atoms with Gasteiger partial charge >= 0.3 is 0 Å². The summed E-state index contributed by atoms with van der Waals surface area (Å²) in [7, 11) is -6.83. The first-order chi connectivity index (χ1) is 9.71. The molecule has 2 rings (SSSR count). The van der Waals surface area contributed by atoms with Crippen molar-refractivity contribution in [2.24, 2.45) is 0 Å². The Bertz CT molecular complexity index is 724. The molecule has 1 fully saturated rings. The number of anilines is 1. The summed E-state index contributed by atoms with van der Waals surface area (Å²) in [6.07, 6.45) is 0. The topological polar surface area (TPSA) is 101 Å². The van der Waals surface area contributed by atoms with Gasteiger partial charge in [0.2, 0.25) is 15.9 Å². The van der Waals surface area contributed by atoms with Crippen molar-refractivity contribution in [3.8, 4) is 0 Å². The summed E-state index contributed by atoms with van der Waals surface area (Å²) >= 11 is 0. The first-order valence-electron chi connectivity index (χ1n) is 6.29. The Morgan fingerprint density at radius 1 is 1.14 bits per heavy atom. The van der Waals surface area contributed by atoms with Crippen molar-refractivity contribution in [3.63, 3.8) is 0 Å². The number of sulfone groups is 1. The van der Waals surface area contributed by atoms with E-state index in [1.165, 1.54) is 35.5 Å². The fourth-order valence-electron chi connectivity index (χ4n) is 2.00. The lowest BCUT2D eigenvalue weighted by molar-refractivity contribution is -0.114. The molecule has 1 aromatic carbocycles. The van der Waals surface area contributed by atoms with Crippen LogP contribution < -0.4 is 5.32 Å². The number of carbonyl (C=O) groups excluding carboxylic acids is 1. The molecule has 0 atom stereocenters. The van der Waals surface area contributed by atoms with Gasteiger partial charge in [0, 0.05) is 25.7 Å². The molecule has 0 saturated carbocycles. The molecule has 116 valence electrons.